The summed E-state index contributed by atoms with van der Waals surface area (Å²) in [6, 6.07) is 4.44. The first kappa shape index (κ1) is 17.1. The third kappa shape index (κ3) is 6.01. The molecule has 112 valence electrons. The Morgan fingerprint density at radius 1 is 1.40 bits per heavy atom. The molecule has 0 fully saturated rings. The normalized spacial score (nSPS) is 11.4. The molecule has 0 aliphatic heterocycles. The van der Waals surface area contributed by atoms with Gasteiger partial charge in [-0.15, -0.1) is 0 Å². The SMILES string of the molecule is CC(C)(CCN)CCC(=O)NCc1cc(F)ccc1Br. The van der Waals surface area contributed by atoms with Crippen molar-refractivity contribution in [1.29, 1.82) is 0 Å². The average molecular weight is 345 g/mol. The lowest BCUT2D eigenvalue weighted by Crippen LogP contribution is -2.25. The average Bonchev–Trinajstić information content (AvgIpc) is 2.37. The lowest BCUT2D eigenvalue weighted by Gasteiger charge is -2.23. The van der Waals surface area contributed by atoms with Crippen molar-refractivity contribution >= 4 is 21.8 Å². The predicted molar refractivity (Wildman–Crippen MR) is 82.6 cm³/mol. The summed E-state index contributed by atoms with van der Waals surface area (Å²) in [6.07, 6.45) is 2.15. The molecule has 5 heteroatoms. The number of hydrogen-bond donors (Lipinski definition) is 2. The third-order valence-electron chi connectivity index (χ3n) is 3.33. The largest absolute Gasteiger partial charge is 0.352 e. The van der Waals surface area contributed by atoms with Gasteiger partial charge in [-0.3, -0.25) is 4.79 Å². The second-order valence-corrected chi connectivity index (χ2v) is 6.57. The molecule has 0 heterocycles. The summed E-state index contributed by atoms with van der Waals surface area (Å²) in [7, 11) is 0. The highest BCUT2D eigenvalue weighted by Crippen LogP contribution is 2.25. The van der Waals surface area contributed by atoms with Crippen molar-refractivity contribution in [2.75, 3.05) is 6.54 Å². The van der Waals surface area contributed by atoms with E-state index in [9.17, 15) is 9.18 Å². The molecule has 3 N–H and O–H groups in total. The Balaban J connectivity index is 2.42. The van der Waals surface area contributed by atoms with Crippen LogP contribution in [-0.2, 0) is 11.3 Å². The molecule has 0 bridgehead atoms. The first-order chi connectivity index (χ1) is 9.34. The highest BCUT2D eigenvalue weighted by atomic mass is 79.9. The van der Waals surface area contributed by atoms with E-state index >= 15 is 0 Å². The van der Waals surface area contributed by atoms with E-state index in [-0.39, 0.29) is 17.1 Å². The Morgan fingerprint density at radius 3 is 2.75 bits per heavy atom. The highest BCUT2D eigenvalue weighted by Gasteiger charge is 2.18. The molecule has 0 aliphatic carbocycles. The Labute approximate surface area is 128 Å². The van der Waals surface area contributed by atoms with Crippen LogP contribution in [0.5, 0.6) is 0 Å². The maximum absolute atomic E-state index is 13.1. The van der Waals surface area contributed by atoms with Crippen molar-refractivity contribution in [2.24, 2.45) is 11.1 Å². The Kier molecular flexibility index (Phi) is 6.62. The van der Waals surface area contributed by atoms with Crippen LogP contribution in [0.25, 0.3) is 0 Å². The smallest absolute Gasteiger partial charge is 0.220 e. The van der Waals surface area contributed by atoms with Crippen molar-refractivity contribution in [3.8, 4) is 0 Å². The summed E-state index contributed by atoms with van der Waals surface area (Å²) in [5.74, 6) is -0.326. The minimum Gasteiger partial charge on any atom is -0.352 e. The maximum Gasteiger partial charge on any atom is 0.220 e. The van der Waals surface area contributed by atoms with Gasteiger partial charge in [-0.2, -0.15) is 0 Å². The quantitative estimate of drug-likeness (QED) is 0.796. The topological polar surface area (TPSA) is 55.1 Å². The van der Waals surface area contributed by atoms with Crippen molar-refractivity contribution in [3.63, 3.8) is 0 Å². The van der Waals surface area contributed by atoms with E-state index in [1.165, 1.54) is 12.1 Å². The molecule has 0 saturated heterocycles. The van der Waals surface area contributed by atoms with Crippen molar-refractivity contribution in [1.82, 2.24) is 5.32 Å². The second kappa shape index (κ2) is 7.74. The molecule has 3 nitrogen and oxygen atoms in total. The monoisotopic (exact) mass is 344 g/mol. The zero-order valence-electron chi connectivity index (χ0n) is 12.0. The molecule has 0 saturated carbocycles. The molecule has 1 aromatic rings. The number of amides is 1. The molecule has 20 heavy (non-hydrogen) atoms. The van der Waals surface area contributed by atoms with Gasteiger partial charge >= 0.3 is 0 Å². The van der Waals surface area contributed by atoms with E-state index in [2.05, 4.69) is 35.1 Å². The molecule has 0 unspecified atom stereocenters. The molecule has 0 radical (unpaired) electrons. The summed E-state index contributed by atoms with van der Waals surface area (Å²) < 4.78 is 13.9. The summed E-state index contributed by atoms with van der Waals surface area (Å²) in [5, 5.41) is 2.81. The first-order valence-electron chi connectivity index (χ1n) is 6.75. The lowest BCUT2D eigenvalue weighted by molar-refractivity contribution is -0.121. The maximum atomic E-state index is 13.1. The minimum absolute atomic E-state index is 0.0220. The van der Waals surface area contributed by atoms with Crippen LogP contribution in [0.2, 0.25) is 0 Å². The second-order valence-electron chi connectivity index (χ2n) is 5.72. The summed E-state index contributed by atoms with van der Waals surface area (Å²) in [6.45, 7) is 5.17. The van der Waals surface area contributed by atoms with E-state index in [0.717, 1.165) is 22.9 Å². The van der Waals surface area contributed by atoms with Gasteiger partial charge in [0.25, 0.3) is 0 Å². The zero-order chi connectivity index (χ0) is 15.2. The molecule has 1 rings (SSSR count). The molecule has 0 spiro atoms. The van der Waals surface area contributed by atoms with Crippen LogP contribution in [0, 0.1) is 11.2 Å². The van der Waals surface area contributed by atoms with Gasteiger partial charge in [0.2, 0.25) is 5.91 Å². The van der Waals surface area contributed by atoms with E-state index in [0.29, 0.717) is 19.5 Å². The Morgan fingerprint density at radius 2 is 2.10 bits per heavy atom. The standard InChI is InChI=1S/C15H22BrFN2O/c1-15(2,7-8-18)6-5-14(20)19-10-11-9-12(17)3-4-13(11)16/h3-4,9H,5-8,10,18H2,1-2H3,(H,19,20). The molecular weight excluding hydrogens is 323 g/mol. The molecule has 0 atom stereocenters. The molecule has 1 amide bonds. The molecule has 1 aromatic carbocycles. The fourth-order valence-electron chi connectivity index (χ4n) is 1.93. The van der Waals surface area contributed by atoms with E-state index in [4.69, 9.17) is 5.73 Å². The predicted octanol–water partition coefficient (Wildman–Crippen LogP) is 3.36. The number of nitrogens with two attached hydrogens (primary N) is 1. The van der Waals surface area contributed by atoms with Crippen molar-refractivity contribution in [3.05, 3.63) is 34.1 Å². The van der Waals surface area contributed by atoms with Crippen LogP contribution in [0.3, 0.4) is 0 Å². The van der Waals surface area contributed by atoms with Crippen LogP contribution in [0.15, 0.2) is 22.7 Å². The number of carbonyl (C=O) groups is 1. The van der Waals surface area contributed by atoms with Crippen LogP contribution >= 0.6 is 15.9 Å². The third-order valence-corrected chi connectivity index (χ3v) is 4.11. The summed E-state index contributed by atoms with van der Waals surface area (Å²) >= 11 is 3.34. The van der Waals surface area contributed by atoms with Gasteiger partial charge in [-0.05, 0) is 48.6 Å². The van der Waals surface area contributed by atoms with Gasteiger partial charge in [0.05, 0.1) is 0 Å². The lowest BCUT2D eigenvalue weighted by atomic mass is 9.84. The minimum atomic E-state index is -0.304. The Hall–Kier alpha value is -0.940. The fourth-order valence-corrected chi connectivity index (χ4v) is 2.32. The number of rotatable bonds is 7. The number of hydrogen-bond acceptors (Lipinski definition) is 2. The van der Waals surface area contributed by atoms with Crippen LogP contribution in [0.1, 0.15) is 38.7 Å². The summed E-state index contributed by atoms with van der Waals surface area (Å²) in [5.41, 5.74) is 6.36. The van der Waals surface area contributed by atoms with Gasteiger partial charge in [-0.1, -0.05) is 29.8 Å². The van der Waals surface area contributed by atoms with Crippen LogP contribution in [-0.4, -0.2) is 12.5 Å². The van der Waals surface area contributed by atoms with E-state index in [1.54, 1.807) is 6.07 Å². The fraction of sp³-hybridized carbons (Fsp3) is 0.533. The number of nitrogens with one attached hydrogen (secondary N) is 1. The van der Waals surface area contributed by atoms with Crippen molar-refractivity contribution in [2.45, 2.75) is 39.7 Å². The van der Waals surface area contributed by atoms with Gasteiger partial charge in [0.15, 0.2) is 0 Å². The van der Waals surface area contributed by atoms with Gasteiger partial charge in [0, 0.05) is 17.4 Å². The highest BCUT2D eigenvalue weighted by molar-refractivity contribution is 9.10. The van der Waals surface area contributed by atoms with Crippen LogP contribution in [0.4, 0.5) is 4.39 Å². The number of benzene rings is 1. The Bertz CT molecular complexity index is 463. The number of halogens is 2. The molecular formula is C15H22BrFN2O. The first-order valence-corrected chi connectivity index (χ1v) is 7.54. The van der Waals surface area contributed by atoms with Gasteiger partial charge in [-0.25, -0.2) is 4.39 Å². The molecule has 0 aliphatic rings. The molecule has 0 aromatic heterocycles. The van der Waals surface area contributed by atoms with E-state index in [1.807, 2.05) is 0 Å². The van der Waals surface area contributed by atoms with Gasteiger partial charge in [0.1, 0.15) is 5.82 Å². The van der Waals surface area contributed by atoms with Crippen LogP contribution < -0.4 is 11.1 Å². The number of carbonyl (C=O) groups excluding carboxylic acids is 1. The van der Waals surface area contributed by atoms with Crippen molar-refractivity contribution < 1.29 is 9.18 Å². The zero-order valence-corrected chi connectivity index (χ0v) is 13.6. The van der Waals surface area contributed by atoms with E-state index < -0.39 is 0 Å². The summed E-state index contributed by atoms with van der Waals surface area (Å²) in [4.78, 5) is 11.8. The van der Waals surface area contributed by atoms with Gasteiger partial charge < -0.3 is 11.1 Å².